The van der Waals surface area contributed by atoms with Crippen LogP contribution in [0.4, 0.5) is 0 Å². The molecule has 0 aromatic heterocycles. The highest BCUT2D eigenvalue weighted by Gasteiger charge is 2.15. The first-order valence-electron chi connectivity index (χ1n) is 5.01. The maximum Gasteiger partial charge on any atom is 0.343 e. The lowest BCUT2D eigenvalue weighted by Gasteiger charge is -2.09. The fourth-order valence-electron chi connectivity index (χ4n) is 0.839. The molecule has 0 aromatic rings. The van der Waals surface area contributed by atoms with E-state index in [2.05, 4.69) is 50.7 Å². The van der Waals surface area contributed by atoms with Gasteiger partial charge in [-0.05, 0) is 0 Å². The highest BCUT2D eigenvalue weighted by atomic mass is 28.3. The summed E-state index contributed by atoms with van der Waals surface area (Å²) in [5, 5.41) is 9.00. The Bertz CT molecular complexity index is 332. The summed E-state index contributed by atoms with van der Waals surface area (Å²) in [4.78, 5) is 11.0. The fraction of sp³-hybridized carbons (Fsp3) is 0.545. The molecule has 0 amide bonds. The SMILES string of the molecule is C[Si](C)(C)C#C/C(=C/[Si](C)(C)C)C(=O)O. The number of carboxylic acids is 1. The Hall–Kier alpha value is -0.796. The summed E-state index contributed by atoms with van der Waals surface area (Å²) in [5.74, 6) is 1.92. The second-order valence-electron chi connectivity index (χ2n) is 5.73. The maximum absolute atomic E-state index is 11.0. The van der Waals surface area contributed by atoms with Crippen molar-refractivity contribution in [3.8, 4) is 11.5 Å². The molecule has 0 unspecified atom stereocenters. The molecule has 1 N–H and O–H groups in total. The van der Waals surface area contributed by atoms with Gasteiger partial charge in [0.25, 0.3) is 0 Å². The van der Waals surface area contributed by atoms with Gasteiger partial charge in [0.1, 0.15) is 13.6 Å². The normalized spacial score (nSPS) is 13.1. The minimum absolute atomic E-state index is 0.275. The second kappa shape index (κ2) is 4.82. The summed E-state index contributed by atoms with van der Waals surface area (Å²) in [7, 11) is -3.00. The zero-order valence-electron chi connectivity index (χ0n) is 10.4. The monoisotopic (exact) mass is 240 g/mol. The zero-order valence-corrected chi connectivity index (χ0v) is 12.4. The van der Waals surface area contributed by atoms with E-state index in [4.69, 9.17) is 5.11 Å². The van der Waals surface area contributed by atoms with Crippen molar-refractivity contribution >= 4 is 22.1 Å². The molecule has 0 saturated heterocycles. The lowest BCUT2D eigenvalue weighted by molar-refractivity contribution is -0.132. The molecule has 0 saturated carbocycles. The molecule has 0 rings (SSSR count). The standard InChI is InChI=1S/C11H20O2Si2/c1-14(2,3)8-7-10(11(12)13)9-15(4,5)6/h9H,1-6H3,(H,12,13)/b10-9-. The molecule has 0 aliphatic heterocycles. The molecule has 2 nitrogen and oxygen atoms in total. The summed E-state index contributed by atoms with van der Waals surface area (Å²) >= 11 is 0. The highest BCUT2D eigenvalue weighted by Crippen LogP contribution is 2.07. The van der Waals surface area contributed by atoms with Crippen LogP contribution in [0.15, 0.2) is 11.3 Å². The van der Waals surface area contributed by atoms with Crippen molar-refractivity contribution in [1.82, 2.24) is 0 Å². The Morgan fingerprint density at radius 3 is 1.87 bits per heavy atom. The molecule has 0 atom stereocenters. The van der Waals surface area contributed by atoms with Crippen molar-refractivity contribution in [2.45, 2.75) is 39.3 Å². The largest absolute Gasteiger partial charge is 0.477 e. The van der Waals surface area contributed by atoms with E-state index in [-0.39, 0.29) is 5.57 Å². The van der Waals surface area contributed by atoms with Crippen molar-refractivity contribution in [3.63, 3.8) is 0 Å². The molecular formula is C11H20O2Si2. The van der Waals surface area contributed by atoms with Gasteiger partial charge in [-0.1, -0.05) is 50.9 Å². The van der Waals surface area contributed by atoms with Crippen LogP contribution in [0.2, 0.25) is 39.3 Å². The molecule has 4 heteroatoms. The van der Waals surface area contributed by atoms with Crippen LogP contribution < -0.4 is 0 Å². The van der Waals surface area contributed by atoms with Crippen molar-refractivity contribution < 1.29 is 9.90 Å². The Labute approximate surface area is 94.4 Å². The smallest absolute Gasteiger partial charge is 0.343 e. The van der Waals surface area contributed by atoms with E-state index in [1.807, 2.05) is 5.70 Å². The third-order valence-corrected chi connectivity index (χ3v) is 3.41. The lowest BCUT2D eigenvalue weighted by atomic mass is 10.3. The van der Waals surface area contributed by atoms with Gasteiger partial charge in [0, 0.05) is 0 Å². The molecule has 0 fully saturated rings. The molecular weight excluding hydrogens is 220 g/mol. The fourth-order valence-corrected chi connectivity index (χ4v) is 2.41. The van der Waals surface area contributed by atoms with Gasteiger partial charge >= 0.3 is 5.97 Å². The van der Waals surface area contributed by atoms with E-state index in [1.165, 1.54) is 0 Å². The molecule has 84 valence electrons. The Morgan fingerprint density at radius 1 is 1.13 bits per heavy atom. The molecule has 0 aliphatic rings. The van der Waals surface area contributed by atoms with Crippen LogP contribution >= 0.6 is 0 Å². The first-order valence-corrected chi connectivity index (χ1v) is 12.1. The molecule has 15 heavy (non-hydrogen) atoms. The average Bonchev–Trinajstić information content (AvgIpc) is 1.93. The van der Waals surface area contributed by atoms with Gasteiger partial charge in [-0.15, -0.1) is 5.54 Å². The number of aliphatic carboxylic acids is 1. The Morgan fingerprint density at radius 2 is 1.60 bits per heavy atom. The van der Waals surface area contributed by atoms with Crippen LogP contribution in [-0.2, 0) is 4.79 Å². The Kier molecular flexibility index (Phi) is 4.56. The van der Waals surface area contributed by atoms with Crippen LogP contribution in [0.5, 0.6) is 0 Å². The summed E-state index contributed by atoms with van der Waals surface area (Å²) < 4.78 is 0. The quantitative estimate of drug-likeness (QED) is 0.458. The first kappa shape index (κ1) is 14.2. The topological polar surface area (TPSA) is 37.3 Å². The van der Waals surface area contributed by atoms with E-state index >= 15 is 0 Å². The van der Waals surface area contributed by atoms with Crippen molar-refractivity contribution in [2.24, 2.45) is 0 Å². The van der Waals surface area contributed by atoms with Crippen molar-refractivity contribution in [3.05, 3.63) is 11.3 Å². The van der Waals surface area contributed by atoms with Gasteiger partial charge in [0.2, 0.25) is 0 Å². The van der Waals surface area contributed by atoms with Gasteiger partial charge in [-0.2, -0.15) is 0 Å². The molecule has 0 aromatic carbocycles. The summed E-state index contributed by atoms with van der Waals surface area (Å²) in [6.07, 6.45) is 0. The third-order valence-electron chi connectivity index (χ3n) is 1.38. The van der Waals surface area contributed by atoms with Crippen molar-refractivity contribution in [1.29, 1.82) is 0 Å². The molecule has 0 aliphatic carbocycles. The van der Waals surface area contributed by atoms with E-state index < -0.39 is 22.1 Å². The molecule has 0 bridgehead atoms. The van der Waals surface area contributed by atoms with Crippen LogP contribution in [-0.4, -0.2) is 27.2 Å². The number of hydrogen-bond acceptors (Lipinski definition) is 1. The summed E-state index contributed by atoms with van der Waals surface area (Å²) in [6.45, 7) is 12.6. The average molecular weight is 240 g/mol. The van der Waals surface area contributed by atoms with Gasteiger partial charge in [0.05, 0.1) is 8.07 Å². The summed E-state index contributed by atoms with van der Waals surface area (Å²) in [5.41, 5.74) is 5.21. The van der Waals surface area contributed by atoms with E-state index in [9.17, 15) is 4.79 Å². The van der Waals surface area contributed by atoms with Crippen molar-refractivity contribution in [2.75, 3.05) is 0 Å². The second-order valence-corrected chi connectivity index (χ2v) is 15.5. The number of rotatable bonds is 2. The zero-order chi connectivity index (χ0) is 12.3. The van der Waals surface area contributed by atoms with E-state index in [0.29, 0.717) is 0 Å². The van der Waals surface area contributed by atoms with Gasteiger partial charge in [-0.25, -0.2) is 4.79 Å². The molecule has 0 spiro atoms. The molecule has 0 heterocycles. The minimum atomic E-state index is -1.51. The van der Waals surface area contributed by atoms with E-state index in [0.717, 1.165) is 0 Å². The molecule has 0 radical (unpaired) electrons. The van der Waals surface area contributed by atoms with Gasteiger partial charge in [-0.3, -0.25) is 0 Å². The number of hydrogen-bond donors (Lipinski definition) is 1. The van der Waals surface area contributed by atoms with Crippen LogP contribution in [0.1, 0.15) is 0 Å². The third kappa shape index (κ3) is 8.22. The minimum Gasteiger partial charge on any atom is -0.477 e. The summed E-state index contributed by atoms with van der Waals surface area (Å²) in [6, 6.07) is 0. The first-order chi connectivity index (χ1) is 6.51. The van der Waals surface area contributed by atoms with Gasteiger partial charge < -0.3 is 5.11 Å². The van der Waals surface area contributed by atoms with Gasteiger partial charge in [0.15, 0.2) is 0 Å². The van der Waals surface area contributed by atoms with Crippen LogP contribution in [0.3, 0.4) is 0 Å². The van der Waals surface area contributed by atoms with Crippen LogP contribution in [0, 0.1) is 11.5 Å². The Balaban J connectivity index is 5.10. The predicted molar refractivity (Wildman–Crippen MR) is 70.2 cm³/mol. The highest BCUT2D eigenvalue weighted by molar-refractivity contribution is 6.84. The predicted octanol–water partition coefficient (Wildman–Crippen LogP) is 2.76. The lowest BCUT2D eigenvalue weighted by Crippen LogP contribution is -2.20. The van der Waals surface area contributed by atoms with Crippen LogP contribution in [0.25, 0.3) is 0 Å². The maximum atomic E-state index is 11.0. The number of carbonyl (C=O) groups is 1. The van der Waals surface area contributed by atoms with E-state index in [1.54, 1.807) is 0 Å². The number of carboxylic acid groups (broad SMARTS) is 1.